The third kappa shape index (κ3) is 4.62. The number of aromatic nitrogens is 2. The average molecular weight is 439 g/mol. The number of pyridine rings is 1. The summed E-state index contributed by atoms with van der Waals surface area (Å²) in [6, 6.07) is 22.5. The van der Waals surface area contributed by atoms with E-state index in [9.17, 15) is 0 Å². The second-order valence-corrected chi connectivity index (χ2v) is 11.5. The number of benzene rings is 3. The lowest BCUT2D eigenvalue weighted by Gasteiger charge is -2.19. The van der Waals surface area contributed by atoms with Crippen molar-refractivity contribution in [2.45, 2.75) is 68.2 Å². The summed E-state index contributed by atoms with van der Waals surface area (Å²) < 4.78 is 2.38. The minimum Gasteiger partial charge on any atom is -0.292 e. The van der Waals surface area contributed by atoms with Gasteiger partial charge in [-0.15, -0.1) is 0 Å². The van der Waals surface area contributed by atoms with Crippen LogP contribution in [0, 0.1) is 10.8 Å². The van der Waals surface area contributed by atoms with E-state index in [1.807, 2.05) is 13.8 Å². The second-order valence-electron chi connectivity index (χ2n) is 11.5. The summed E-state index contributed by atoms with van der Waals surface area (Å²) in [5.74, 6) is 0. The lowest BCUT2D eigenvalue weighted by atomic mass is 9.87. The van der Waals surface area contributed by atoms with Crippen LogP contribution in [0.4, 0.5) is 0 Å². The molecule has 5 aromatic rings. The largest absolute Gasteiger partial charge is 0.292 e. The van der Waals surface area contributed by atoms with Gasteiger partial charge in [-0.05, 0) is 64.5 Å². The maximum absolute atomic E-state index is 5.08. The van der Waals surface area contributed by atoms with Gasteiger partial charge in [0.1, 0.15) is 5.65 Å². The van der Waals surface area contributed by atoms with Crippen molar-refractivity contribution in [1.82, 2.24) is 9.38 Å². The molecule has 172 valence electrons. The van der Waals surface area contributed by atoms with Crippen LogP contribution in [-0.2, 0) is 12.8 Å². The highest BCUT2D eigenvalue weighted by Crippen LogP contribution is 2.34. The summed E-state index contributed by atoms with van der Waals surface area (Å²) in [4.78, 5) is 5.08. The van der Waals surface area contributed by atoms with E-state index in [2.05, 4.69) is 107 Å². The van der Waals surface area contributed by atoms with E-state index in [0.29, 0.717) is 0 Å². The summed E-state index contributed by atoms with van der Waals surface area (Å²) in [6.45, 7) is 17.8. The van der Waals surface area contributed by atoms with Gasteiger partial charge in [-0.1, -0.05) is 91.8 Å². The normalized spacial score (nSPS) is 12.5. The van der Waals surface area contributed by atoms with Gasteiger partial charge in [-0.2, -0.15) is 0 Å². The minimum atomic E-state index is 0.255. The van der Waals surface area contributed by atoms with E-state index in [-0.39, 0.29) is 10.8 Å². The molecule has 0 aliphatic heterocycles. The van der Waals surface area contributed by atoms with Gasteiger partial charge in [-0.25, -0.2) is 4.98 Å². The Kier molecular flexibility index (Phi) is 5.99. The highest BCUT2D eigenvalue weighted by Gasteiger charge is 2.17. The van der Waals surface area contributed by atoms with Gasteiger partial charge in [0.2, 0.25) is 0 Å². The predicted octanol–water partition coefficient (Wildman–Crippen LogP) is 9.00. The van der Waals surface area contributed by atoms with Crippen LogP contribution < -0.4 is 0 Å². The fraction of sp³-hybridized carbons (Fsp3) is 0.387. The average Bonchev–Trinajstić information content (AvgIpc) is 3.12. The SMILES string of the molecule is CC.CC(C)(C)Cc1ccc2c(c1)c1ccccc1c1nc3ccc(CC(C)(C)C)cc3n21. The molecular weight excluding hydrogens is 400 g/mol. The molecular formula is C31H38N2. The van der Waals surface area contributed by atoms with Crippen molar-refractivity contribution in [2.24, 2.45) is 10.8 Å². The molecule has 0 bridgehead atoms. The molecule has 2 heterocycles. The third-order valence-electron chi connectivity index (χ3n) is 5.95. The zero-order valence-electron chi connectivity index (χ0n) is 21.6. The molecule has 2 aromatic heterocycles. The van der Waals surface area contributed by atoms with Gasteiger partial charge in [0.25, 0.3) is 0 Å². The van der Waals surface area contributed by atoms with Gasteiger partial charge in [-0.3, -0.25) is 4.40 Å². The Labute approximate surface area is 198 Å². The van der Waals surface area contributed by atoms with Crippen LogP contribution in [-0.4, -0.2) is 9.38 Å². The van der Waals surface area contributed by atoms with Gasteiger partial charge in [0, 0.05) is 10.8 Å². The number of hydrogen-bond acceptors (Lipinski definition) is 1. The minimum absolute atomic E-state index is 0.255. The first-order chi connectivity index (χ1) is 15.6. The van der Waals surface area contributed by atoms with Crippen LogP contribution in [0.2, 0.25) is 0 Å². The molecule has 0 aliphatic rings. The standard InChI is InChI=1S/C29H32N2.C2H6/c1-28(2,3)17-19-12-14-25-23(15-19)21-9-7-8-10-22(21)27-30-24-13-11-20(18-29(4,5)6)16-26(24)31(25)27;1-2/h7-16H,17-18H2,1-6H3;1-2H3. The Morgan fingerprint density at radius 1 is 0.636 bits per heavy atom. The highest BCUT2D eigenvalue weighted by atomic mass is 15.0. The first-order valence-electron chi connectivity index (χ1n) is 12.3. The Bertz CT molecular complexity index is 1440. The molecule has 0 radical (unpaired) electrons. The van der Waals surface area contributed by atoms with Crippen LogP contribution in [0.25, 0.3) is 38.4 Å². The fourth-order valence-corrected chi connectivity index (χ4v) is 4.90. The Morgan fingerprint density at radius 2 is 1.21 bits per heavy atom. The molecule has 2 heteroatoms. The lowest BCUT2D eigenvalue weighted by molar-refractivity contribution is 0.411. The van der Waals surface area contributed by atoms with Crippen molar-refractivity contribution in [1.29, 1.82) is 0 Å². The summed E-state index contributed by atoms with van der Waals surface area (Å²) in [7, 11) is 0. The molecule has 0 unspecified atom stereocenters. The van der Waals surface area contributed by atoms with Crippen molar-refractivity contribution in [3.05, 3.63) is 71.8 Å². The quantitative estimate of drug-likeness (QED) is 0.251. The van der Waals surface area contributed by atoms with Gasteiger partial charge >= 0.3 is 0 Å². The fourth-order valence-electron chi connectivity index (χ4n) is 4.90. The van der Waals surface area contributed by atoms with Crippen molar-refractivity contribution < 1.29 is 0 Å². The monoisotopic (exact) mass is 438 g/mol. The summed E-state index contributed by atoms with van der Waals surface area (Å²) in [5.41, 5.74) is 7.83. The summed E-state index contributed by atoms with van der Waals surface area (Å²) >= 11 is 0. The van der Waals surface area contributed by atoms with Gasteiger partial charge < -0.3 is 0 Å². The van der Waals surface area contributed by atoms with E-state index in [4.69, 9.17) is 4.98 Å². The van der Waals surface area contributed by atoms with Crippen molar-refractivity contribution in [2.75, 3.05) is 0 Å². The smallest absolute Gasteiger partial charge is 0.146 e. The topological polar surface area (TPSA) is 17.3 Å². The molecule has 0 aliphatic carbocycles. The molecule has 5 rings (SSSR count). The van der Waals surface area contributed by atoms with Crippen molar-refractivity contribution >= 4 is 38.4 Å². The first-order valence-corrected chi connectivity index (χ1v) is 12.3. The van der Waals surface area contributed by atoms with Crippen molar-refractivity contribution in [3.63, 3.8) is 0 Å². The first kappa shape index (κ1) is 23.3. The molecule has 0 N–H and O–H groups in total. The number of rotatable bonds is 2. The van der Waals surface area contributed by atoms with Crippen LogP contribution in [0.3, 0.4) is 0 Å². The molecule has 3 aromatic carbocycles. The molecule has 0 fully saturated rings. The Hall–Kier alpha value is -2.87. The molecule has 0 atom stereocenters. The maximum Gasteiger partial charge on any atom is 0.146 e. The zero-order chi connectivity index (χ0) is 24.0. The van der Waals surface area contributed by atoms with Crippen molar-refractivity contribution in [3.8, 4) is 0 Å². The van der Waals surface area contributed by atoms with Crippen LogP contribution in [0.15, 0.2) is 60.7 Å². The zero-order valence-corrected chi connectivity index (χ0v) is 21.6. The molecule has 2 nitrogen and oxygen atoms in total. The second kappa shape index (κ2) is 8.48. The van der Waals surface area contributed by atoms with E-state index in [0.717, 1.165) is 24.0 Å². The number of hydrogen-bond donors (Lipinski definition) is 0. The van der Waals surface area contributed by atoms with Gasteiger partial charge in [0.05, 0.1) is 16.6 Å². The van der Waals surface area contributed by atoms with Crippen LogP contribution in [0.1, 0.15) is 66.5 Å². The maximum atomic E-state index is 5.08. The summed E-state index contributed by atoms with van der Waals surface area (Å²) in [5, 5.41) is 3.81. The van der Waals surface area contributed by atoms with Crippen LogP contribution >= 0.6 is 0 Å². The molecule has 0 saturated heterocycles. The number of imidazole rings is 1. The van der Waals surface area contributed by atoms with E-state index >= 15 is 0 Å². The van der Waals surface area contributed by atoms with E-state index in [1.54, 1.807) is 0 Å². The van der Waals surface area contributed by atoms with Crippen LogP contribution in [0.5, 0.6) is 0 Å². The van der Waals surface area contributed by atoms with E-state index < -0.39 is 0 Å². The predicted molar refractivity (Wildman–Crippen MR) is 145 cm³/mol. The molecule has 0 saturated carbocycles. The summed E-state index contributed by atoms with van der Waals surface area (Å²) in [6.07, 6.45) is 2.12. The molecule has 0 spiro atoms. The Morgan fingerprint density at radius 3 is 1.85 bits per heavy atom. The van der Waals surface area contributed by atoms with Gasteiger partial charge in [0.15, 0.2) is 0 Å². The molecule has 0 amide bonds. The van der Waals surface area contributed by atoms with E-state index in [1.165, 1.54) is 38.3 Å². The lowest BCUT2D eigenvalue weighted by Crippen LogP contribution is -2.09. The number of nitrogens with zero attached hydrogens (tertiary/aromatic N) is 2. The third-order valence-corrected chi connectivity index (χ3v) is 5.95. The Balaban J connectivity index is 0.00000126. The highest BCUT2D eigenvalue weighted by molar-refractivity contribution is 6.13. The molecule has 33 heavy (non-hydrogen) atoms. The number of fused-ring (bicyclic) bond motifs is 8.